The minimum atomic E-state index is 0.598. The first-order valence-corrected chi connectivity index (χ1v) is 7.55. The van der Waals surface area contributed by atoms with E-state index in [1.165, 1.54) is 16.5 Å². The first-order chi connectivity index (χ1) is 10.3. The number of rotatable bonds is 4. The quantitative estimate of drug-likeness (QED) is 0.654. The lowest BCUT2D eigenvalue weighted by molar-refractivity contribution is -0.109. The van der Waals surface area contributed by atoms with Gasteiger partial charge in [-0.3, -0.25) is 9.78 Å². The first kappa shape index (κ1) is 13.9. The van der Waals surface area contributed by atoms with E-state index in [0.29, 0.717) is 5.92 Å². The van der Waals surface area contributed by atoms with E-state index < -0.39 is 0 Å². The van der Waals surface area contributed by atoms with E-state index >= 15 is 0 Å². The van der Waals surface area contributed by atoms with Crippen molar-refractivity contribution in [2.24, 2.45) is 5.92 Å². The summed E-state index contributed by atoms with van der Waals surface area (Å²) in [5.41, 5.74) is 3.61. The zero-order valence-electron chi connectivity index (χ0n) is 12.4. The van der Waals surface area contributed by atoms with E-state index in [2.05, 4.69) is 47.3 Å². The number of pyridine rings is 1. The second kappa shape index (κ2) is 6.16. The maximum absolute atomic E-state index is 10.4. The normalized spacial score (nSPS) is 16.1. The number of carbonyl (C=O) groups is 1. The summed E-state index contributed by atoms with van der Waals surface area (Å²) in [6.45, 7) is 2.88. The molecule has 1 N–H and O–H groups in total. The largest absolute Gasteiger partial charge is 0.371 e. The fraction of sp³-hybridized carbons (Fsp3) is 0.375. The summed E-state index contributed by atoms with van der Waals surface area (Å²) >= 11 is 0. The van der Waals surface area contributed by atoms with Crippen LogP contribution in [0.5, 0.6) is 0 Å². The van der Waals surface area contributed by atoms with Gasteiger partial charge in [0, 0.05) is 36.9 Å². The molecule has 1 aromatic heterocycles. The maximum Gasteiger partial charge on any atom is 0.207 e. The molecule has 108 valence electrons. The second-order valence-electron chi connectivity index (χ2n) is 5.81. The molecule has 2 heterocycles. The van der Waals surface area contributed by atoms with Crippen molar-refractivity contribution >= 4 is 36.3 Å². The molecular formula is C16H20BN3O. The molecule has 2 aromatic rings. The molecule has 21 heavy (non-hydrogen) atoms. The number of benzene rings is 1. The molecule has 0 atom stereocenters. The number of hydrogen-bond acceptors (Lipinski definition) is 3. The van der Waals surface area contributed by atoms with Crippen LogP contribution in [0.3, 0.4) is 0 Å². The maximum atomic E-state index is 10.4. The average molecular weight is 281 g/mol. The second-order valence-corrected chi connectivity index (χ2v) is 5.81. The highest BCUT2D eigenvalue weighted by Crippen LogP contribution is 2.28. The third-order valence-corrected chi connectivity index (χ3v) is 4.32. The van der Waals surface area contributed by atoms with Gasteiger partial charge in [-0.25, -0.2) is 0 Å². The SMILES string of the molecule is Bc1ccc2nccc(N3CCC(CNC=O)CC3)c2c1. The fourth-order valence-corrected chi connectivity index (χ4v) is 3.11. The monoisotopic (exact) mass is 281 g/mol. The third-order valence-electron chi connectivity index (χ3n) is 4.32. The Hall–Kier alpha value is -2.04. The van der Waals surface area contributed by atoms with Crippen LogP contribution >= 0.6 is 0 Å². The van der Waals surface area contributed by atoms with Crippen LogP contribution in [0.4, 0.5) is 5.69 Å². The van der Waals surface area contributed by atoms with E-state index in [9.17, 15) is 4.79 Å². The Balaban J connectivity index is 1.79. The van der Waals surface area contributed by atoms with Gasteiger partial charge in [-0.1, -0.05) is 17.6 Å². The van der Waals surface area contributed by atoms with Crippen LogP contribution in [0.2, 0.25) is 0 Å². The van der Waals surface area contributed by atoms with Gasteiger partial charge in [-0.2, -0.15) is 0 Å². The van der Waals surface area contributed by atoms with Crippen molar-refractivity contribution in [3.05, 3.63) is 30.5 Å². The molecule has 1 saturated heterocycles. The number of piperidine rings is 1. The van der Waals surface area contributed by atoms with E-state index in [4.69, 9.17) is 0 Å². The van der Waals surface area contributed by atoms with Crippen molar-refractivity contribution < 1.29 is 4.79 Å². The molecule has 4 nitrogen and oxygen atoms in total. The highest BCUT2D eigenvalue weighted by Gasteiger charge is 2.20. The summed E-state index contributed by atoms with van der Waals surface area (Å²) in [5.74, 6) is 0.598. The number of hydrogen-bond donors (Lipinski definition) is 1. The van der Waals surface area contributed by atoms with Gasteiger partial charge in [-0.15, -0.1) is 0 Å². The molecule has 0 bridgehead atoms. The molecule has 0 unspecified atom stereocenters. The number of fused-ring (bicyclic) bond motifs is 1. The smallest absolute Gasteiger partial charge is 0.207 e. The van der Waals surface area contributed by atoms with Gasteiger partial charge in [0.1, 0.15) is 7.85 Å². The van der Waals surface area contributed by atoms with Crippen molar-refractivity contribution in [2.75, 3.05) is 24.5 Å². The fourth-order valence-electron chi connectivity index (χ4n) is 3.11. The molecule has 0 radical (unpaired) electrons. The van der Waals surface area contributed by atoms with Gasteiger partial charge < -0.3 is 10.2 Å². The summed E-state index contributed by atoms with van der Waals surface area (Å²) in [6, 6.07) is 8.54. The van der Waals surface area contributed by atoms with Crippen LogP contribution < -0.4 is 15.7 Å². The molecule has 1 amide bonds. The van der Waals surface area contributed by atoms with Crippen molar-refractivity contribution in [1.29, 1.82) is 0 Å². The van der Waals surface area contributed by atoms with Crippen LogP contribution in [-0.4, -0.2) is 38.9 Å². The minimum absolute atomic E-state index is 0.598. The van der Waals surface area contributed by atoms with Crippen molar-refractivity contribution in [2.45, 2.75) is 12.8 Å². The van der Waals surface area contributed by atoms with E-state index in [-0.39, 0.29) is 0 Å². The van der Waals surface area contributed by atoms with Gasteiger partial charge in [0.05, 0.1) is 5.52 Å². The molecule has 0 spiro atoms. The highest BCUT2D eigenvalue weighted by atomic mass is 16.1. The summed E-state index contributed by atoms with van der Waals surface area (Å²) in [7, 11) is 2.12. The summed E-state index contributed by atoms with van der Waals surface area (Å²) in [4.78, 5) is 17.3. The predicted molar refractivity (Wildman–Crippen MR) is 88.9 cm³/mol. The number of anilines is 1. The molecule has 1 aliphatic heterocycles. The van der Waals surface area contributed by atoms with Gasteiger partial charge in [-0.05, 0) is 30.9 Å². The molecule has 0 aliphatic carbocycles. The molecule has 1 fully saturated rings. The van der Waals surface area contributed by atoms with Gasteiger partial charge >= 0.3 is 0 Å². The molecule has 1 aliphatic rings. The van der Waals surface area contributed by atoms with E-state index in [0.717, 1.165) is 44.4 Å². The van der Waals surface area contributed by atoms with E-state index in [1.807, 2.05) is 6.20 Å². The Labute approximate surface area is 126 Å². The summed E-state index contributed by atoms with van der Waals surface area (Å²) in [5, 5.41) is 4.04. The standard InChI is InChI=1S/C16H20BN3O/c17-13-1-2-15-14(9-13)16(3-6-19-15)20-7-4-12(5-8-20)10-18-11-21/h1-3,6,9,11-12H,4-5,7-8,10,17H2,(H,18,21). The lowest BCUT2D eigenvalue weighted by Crippen LogP contribution is -2.37. The summed E-state index contributed by atoms with van der Waals surface area (Å²) in [6.07, 6.45) is 4.94. The van der Waals surface area contributed by atoms with Gasteiger partial charge in [0.15, 0.2) is 0 Å². The van der Waals surface area contributed by atoms with Crippen molar-refractivity contribution in [3.8, 4) is 0 Å². The van der Waals surface area contributed by atoms with Crippen LogP contribution in [0.25, 0.3) is 10.9 Å². The van der Waals surface area contributed by atoms with Crippen LogP contribution in [-0.2, 0) is 4.79 Å². The Bertz CT molecular complexity index is 638. The molecular weight excluding hydrogens is 261 g/mol. The molecule has 1 aromatic carbocycles. The Morgan fingerprint density at radius 2 is 2.14 bits per heavy atom. The van der Waals surface area contributed by atoms with Crippen molar-refractivity contribution in [1.82, 2.24) is 10.3 Å². The molecule has 5 heteroatoms. The van der Waals surface area contributed by atoms with Crippen LogP contribution in [0, 0.1) is 5.92 Å². The number of amides is 1. The summed E-state index contributed by atoms with van der Waals surface area (Å²) < 4.78 is 0. The predicted octanol–water partition coefficient (Wildman–Crippen LogP) is 0.456. The van der Waals surface area contributed by atoms with Crippen molar-refractivity contribution in [3.63, 3.8) is 0 Å². The van der Waals surface area contributed by atoms with Crippen LogP contribution in [0.15, 0.2) is 30.5 Å². The average Bonchev–Trinajstić information content (AvgIpc) is 2.53. The number of aromatic nitrogens is 1. The van der Waals surface area contributed by atoms with Gasteiger partial charge in [0.2, 0.25) is 6.41 Å². The Morgan fingerprint density at radius 3 is 2.90 bits per heavy atom. The zero-order valence-corrected chi connectivity index (χ0v) is 12.4. The lowest BCUT2D eigenvalue weighted by atomic mass is 9.93. The highest BCUT2D eigenvalue weighted by molar-refractivity contribution is 6.33. The topological polar surface area (TPSA) is 45.2 Å². The van der Waals surface area contributed by atoms with E-state index in [1.54, 1.807) is 0 Å². The van der Waals surface area contributed by atoms with Gasteiger partial charge in [0.25, 0.3) is 0 Å². The third kappa shape index (κ3) is 3.02. The van der Waals surface area contributed by atoms with Crippen LogP contribution in [0.1, 0.15) is 12.8 Å². The first-order valence-electron chi connectivity index (χ1n) is 7.55. The zero-order chi connectivity index (χ0) is 14.7. The number of carbonyl (C=O) groups excluding carboxylic acids is 1. The Kier molecular flexibility index (Phi) is 4.09. The Morgan fingerprint density at radius 1 is 1.33 bits per heavy atom. The molecule has 0 saturated carbocycles. The molecule has 3 rings (SSSR count). The number of nitrogens with one attached hydrogen (secondary N) is 1. The lowest BCUT2D eigenvalue weighted by Gasteiger charge is -2.34. The number of nitrogens with zero attached hydrogens (tertiary/aromatic N) is 2. The minimum Gasteiger partial charge on any atom is -0.371 e.